The Morgan fingerprint density at radius 2 is 1.85 bits per heavy atom. The van der Waals surface area contributed by atoms with Crippen LogP contribution >= 0.6 is 0 Å². The molecule has 2 N–H and O–H groups in total. The zero-order valence-electron chi connectivity index (χ0n) is 19.1. The fourth-order valence-corrected chi connectivity index (χ4v) is 4.58. The second-order valence-corrected chi connectivity index (χ2v) is 8.43. The molecule has 2 atom stereocenters. The molecule has 3 aromatic carbocycles. The lowest BCUT2D eigenvalue weighted by atomic mass is 9.89. The highest BCUT2D eigenvalue weighted by Crippen LogP contribution is 2.49. The van der Waals surface area contributed by atoms with Crippen molar-refractivity contribution in [3.8, 4) is 17.2 Å². The van der Waals surface area contributed by atoms with Gasteiger partial charge < -0.3 is 24.8 Å². The maximum atomic E-state index is 13.2. The van der Waals surface area contributed by atoms with Crippen LogP contribution in [-0.4, -0.2) is 31.9 Å². The van der Waals surface area contributed by atoms with E-state index in [0.29, 0.717) is 40.6 Å². The van der Waals surface area contributed by atoms with Crippen molar-refractivity contribution in [2.24, 2.45) is 0 Å². The monoisotopic (exact) mass is 459 g/mol. The number of urea groups is 1. The molecule has 174 valence electrons. The first kappa shape index (κ1) is 21.6. The SMILES string of the molecule is COc1ccc(NC(=O)c2cccc(N3C(=O)N[C@H]4C[C@@]3(C)Oc3c(OC)cccc34)c2)cc1. The average molecular weight is 460 g/mol. The molecule has 2 heterocycles. The quantitative estimate of drug-likeness (QED) is 0.576. The number of benzene rings is 3. The van der Waals surface area contributed by atoms with Crippen molar-refractivity contribution in [2.45, 2.75) is 25.1 Å². The Morgan fingerprint density at radius 1 is 1.09 bits per heavy atom. The molecule has 0 spiro atoms. The third kappa shape index (κ3) is 3.67. The number of amides is 3. The first-order chi connectivity index (χ1) is 16.4. The molecule has 3 amide bonds. The molecule has 34 heavy (non-hydrogen) atoms. The number of nitrogens with zero attached hydrogens (tertiary/aromatic N) is 1. The van der Waals surface area contributed by atoms with E-state index in [0.717, 1.165) is 5.56 Å². The summed E-state index contributed by atoms with van der Waals surface area (Å²) in [5.74, 6) is 1.64. The number of fused-ring (bicyclic) bond motifs is 4. The largest absolute Gasteiger partial charge is 0.497 e. The number of anilines is 2. The van der Waals surface area contributed by atoms with Gasteiger partial charge in [0.2, 0.25) is 0 Å². The highest BCUT2D eigenvalue weighted by molar-refractivity contribution is 6.05. The van der Waals surface area contributed by atoms with E-state index in [4.69, 9.17) is 14.2 Å². The summed E-state index contributed by atoms with van der Waals surface area (Å²) in [4.78, 5) is 27.7. The molecule has 3 aromatic rings. The summed E-state index contributed by atoms with van der Waals surface area (Å²) in [6.07, 6.45) is 0.543. The van der Waals surface area contributed by atoms with Crippen molar-refractivity contribution >= 4 is 23.3 Å². The number of hydrogen-bond acceptors (Lipinski definition) is 5. The van der Waals surface area contributed by atoms with Gasteiger partial charge in [0, 0.05) is 23.2 Å². The summed E-state index contributed by atoms with van der Waals surface area (Å²) >= 11 is 0. The normalized spacial score (nSPS) is 20.5. The maximum Gasteiger partial charge on any atom is 0.325 e. The van der Waals surface area contributed by atoms with Crippen LogP contribution in [0.1, 0.15) is 35.3 Å². The van der Waals surface area contributed by atoms with Crippen LogP contribution in [-0.2, 0) is 0 Å². The minimum absolute atomic E-state index is 0.200. The first-order valence-electron chi connectivity index (χ1n) is 10.9. The first-order valence-corrected chi connectivity index (χ1v) is 10.9. The predicted octanol–water partition coefficient (Wildman–Crippen LogP) is 4.73. The number of nitrogens with one attached hydrogen (secondary N) is 2. The van der Waals surface area contributed by atoms with Gasteiger partial charge in [-0.3, -0.25) is 9.69 Å². The lowest BCUT2D eigenvalue weighted by Crippen LogP contribution is -2.65. The van der Waals surface area contributed by atoms with Gasteiger partial charge in [0.15, 0.2) is 17.2 Å². The summed E-state index contributed by atoms with van der Waals surface area (Å²) in [5, 5.41) is 5.94. The van der Waals surface area contributed by atoms with Crippen LogP contribution < -0.4 is 29.7 Å². The number of ether oxygens (including phenoxy) is 3. The molecule has 1 fully saturated rings. The third-order valence-corrected chi connectivity index (χ3v) is 6.20. The molecule has 0 radical (unpaired) electrons. The van der Waals surface area contributed by atoms with Crippen molar-refractivity contribution in [2.75, 3.05) is 24.4 Å². The summed E-state index contributed by atoms with van der Waals surface area (Å²) in [6.45, 7) is 1.87. The van der Waals surface area contributed by atoms with Gasteiger partial charge in [0.25, 0.3) is 5.91 Å². The molecule has 1 saturated heterocycles. The molecule has 0 aliphatic carbocycles. The topological polar surface area (TPSA) is 89.1 Å². The number of rotatable bonds is 5. The minimum atomic E-state index is -0.959. The number of para-hydroxylation sites is 1. The summed E-state index contributed by atoms with van der Waals surface area (Å²) in [5.41, 5.74) is 1.54. The molecule has 0 unspecified atom stereocenters. The predicted molar refractivity (Wildman–Crippen MR) is 128 cm³/mol. The zero-order chi connectivity index (χ0) is 23.9. The van der Waals surface area contributed by atoms with Crippen molar-refractivity contribution < 1.29 is 23.8 Å². The third-order valence-electron chi connectivity index (χ3n) is 6.20. The van der Waals surface area contributed by atoms with Crippen LogP contribution in [0, 0.1) is 0 Å². The van der Waals surface area contributed by atoms with Gasteiger partial charge in [0.1, 0.15) is 5.75 Å². The summed E-state index contributed by atoms with van der Waals surface area (Å²) in [6, 6.07) is 19.2. The van der Waals surface area contributed by atoms with E-state index in [1.807, 2.05) is 25.1 Å². The van der Waals surface area contributed by atoms with Crippen molar-refractivity contribution in [1.29, 1.82) is 0 Å². The molecule has 5 rings (SSSR count). The van der Waals surface area contributed by atoms with Crippen LogP contribution in [0.25, 0.3) is 0 Å². The average Bonchev–Trinajstić information content (AvgIpc) is 2.84. The number of carbonyl (C=O) groups excluding carboxylic acids is 2. The Labute approximate surface area is 197 Å². The van der Waals surface area contributed by atoms with Crippen LogP contribution in [0.3, 0.4) is 0 Å². The van der Waals surface area contributed by atoms with E-state index in [1.165, 1.54) is 0 Å². The maximum absolute atomic E-state index is 13.2. The van der Waals surface area contributed by atoms with Gasteiger partial charge >= 0.3 is 6.03 Å². The van der Waals surface area contributed by atoms with Gasteiger partial charge in [0.05, 0.1) is 25.9 Å². The van der Waals surface area contributed by atoms with Crippen molar-refractivity contribution in [3.05, 3.63) is 77.9 Å². The molecule has 8 heteroatoms. The smallest absolute Gasteiger partial charge is 0.325 e. The zero-order valence-corrected chi connectivity index (χ0v) is 19.1. The van der Waals surface area contributed by atoms with Crippen LogP contribution in [0.2, 0.25) is 0 Å². The summed E-state index contributed by atoms with van der Waals surface area (Å²) < 4.78 is 17.0. The van der Waals surface area contributed by atoms with Crippen LogP contribution in [0.5, 0.6) is 17.2 Å². The van der Waals surface area contributed by atoms with Crippen molar-refractivity contribution in [1.82, 2.24) is 5.32 Å². The lowest BCUT2D eigenvalue weighted by molar-refractivity contribution is 0.0349. The Morgan fingerprint density at radius 3 is 2.59 bits per heavy atom. The highest BCUT2D eigenvalue weighted by atomic mass is 16.5. The van der Waals surface area contributed by atoms with E-state index in [-0.39, 0.29) is 18.0 Å². The van der Waals surface area contributed by atoms with Gasteiger partial charge in [-0.05, 0) is 55.5 Å². The molecule has 0 saturated carbocycles. The molecule has 8 nitrogen and oxygen atoms in total. The van der Waals surface area contributed by atoms with E-state index in [9.17, 15) is 9.59 Å². The molecule has 2 bridgehead atoms. The molecular weight excluding hydrogens is 434 g/mol. The Balaban J connectivity index is 1.44. The number of hydrogen-bond donors (Lipinski definition) is 2. The second-order valence-electron chi connectivity index (χ2n) is 8.43. The van der Waals surface area contributed by atoms with E-state index >= 15 is 0 Å². The fourth-order valence-electron chi connectivity index (χ4n) is 4.58. The van der Waals surface area contributed by atoms with Crippen LogP contribution in [0.4, 0.5) is 16.2 Å². The van der Waals surface area contributed by atoms with Gasteiger partial charge in [-0.25, -0.2) is 4.79 Å². The van der Waals surface area contributed by atoms with Crippen molar-refractivity contribution in [3.63, 3.8) is 0 Å². The molecular formula is C26H25N3O5. The van der Waals surface area contributed by atoms with Crippen LogP contribution in [0.15, 0.2) is 66.7 Å². The fraction of sp³-hybridized carbons (Fsp3) is 0.231. The second kappa shape index (κ2) is 8.30. The summed E-state index contributed by atoms with van der Waals surface area (Å²) in [7, 11) is 3.18. The highest BCUT2D eigenvalue weighted by Gasteiger charge is 2.50. The number of carbonyl (C=O) groups is 2. The molecule has 0 aromatic heterocycles. The molecule has 2 aliphatic heterocycles. The Kier molecular flexibility index (Phi) is 5.28. The number of methoxy groups -OCH3 is 2. The van der Waals surface area contributed by atoms with E-state index < -0.39 is 5.72 Å². The lowest BCUT2D eigenvalue weighted by Gasteiger charge is -2.50. The van der Waals surface area contributed by atoms with E-state index in [2.05, 4.69) is 10.6 Å². The van der Waals surface area contributed by atoms with Gasteiger partial charge in [-0.1, -0.05) is 18.2 Å². The standard InChI is InChI=1S/C26H25N3O5/c1-26-15-21(20-8-5-9-22(33-3)23(20)34-26)28-25(31)29(26)18-7-4-6-16(14-18)24(30)27-17-10-12-19(32-2)13-11-17/h4-14,21H,15H2,1-3H3,(H,27,30)(H,28,31)/t21-,26+/m0/s1. The van der Waals surface area contributed by atoms with Gasteiger partial charge in [-0.2, -0.15) is 0 Å². The molecule has 2 aliphatic rings. The minimum Gasteiger partial charge on any atom is -0.497 e. The Bertz CT molecular complexity index is 1260. The Hall–Kier alpha value is -4.20. The van der Waals surface area contributed by atoms with E-state index in [1.54, 1.807) is 67.7 Å². The van der Waals surface area contributed by atoms with Gasteiger partial charge in [-0.15, -0.1) is 0 Å².